The average Bonchev–Trinajstić information content (AvgIpc) is 2.74. The predicted molar refractivity (Wildman–Crippen MR) is 78.8 cm³/mol. The van der Waals surface area contributed by atoms with Crippen molar-refractivity contribution < 1.29 is 4.52 Å². The molecule has 1 aromatic heterocycles. The standard InChI is InChI=1S/C14H18BrN3O/c1-9-4-5-10(11(15)8-9)13-17-12(19-18-13)6-7-14(2,3)16/h4-5,8H,6-7,16H2,1-3H3. The number of rotatable bonds is 4. The summed E-state index contributed by atoms with van der Waals surface area (Å²) in [7, 11) is 0. The molecule has 0 spiro atoms. The molecule has 0 aliphatic heterocycles. The molecule has 0 aliphatic rings. The number of halogens is 1. The third kappa shape index (κ3) is 3.88. The van der Waals surface area contributed by atoms with Crippen LogP contribution in [0.5, 0.6) is 0 Å². The second kappa shape index (κ2) is 5.43. The summed E-state index contributed by atoms with van der Waals surface area (Å²) in [5, 5.41) is 4.02. The summed E-state index contributed by atoms with van der Waals surface area (Å²) in [6, 6.07) is 6.05. The number of aryl methyl sites for hydroxylation is 2. The fraction of sp³-hybridized carbons (Fsp3) is 0.429. The SMILES string of the molecule is Cc1ccc(-c2noc(CCC(C)(C)N)n2)c(Br)c1. The Morgan fingerprint density at radius 1 is 1.37 bits per heavy atom. The summed E-state index contributed by atoms with van der Waals surface area (Å²) in [4.78, 5) is 4.41. The minimum absolute atomic E-state index is 0.223. The molecule has 1 aromatic carbocycles. The number of benzene rings is 1. The van der Waals surface area contributed by atoms with Crippen LogP contribution >= 0.6 is 15.9 Å². The molecule has 0 fully saturated rings. The van der Waals surface area contributed by atoms with Crippen LogP contribution in [0.3, 0.4) is 0 Å². The van der Waals surface area contributed by atoms with Crippen molar-refractivity contribution >= 4 is 15.9 Å². The maximum absolute atomic E-state index is 5.94. The third-order valence-corrected chi connectivity index (χ3v) is 3.47. The molecule has 1 heterocycles. The van der Waals surface area contributed by atoms with Gasteiger partial charge in [-0.25, -0.2) is 0 Å². The van der Waals surface area contributed by atoms with Gasteiger partial charge >= 0.3 is 0 Å². The molecule has 2 rings (SSSR count). The van der Waals surface area contributed by atoms with E-state index in [4.69, 9.17) is 10.3 Å². The summed E-state index contributed by atoms with van der Waals surface area (Å²) in [6.07, 6.45) is 1.50. The summed E-state index contributed by atoms with van der Waals surface area (Å²) >= 11 is 3.52. The first-order valence-corrected chi connectivity index (χ1v) is 7.02. The molecule has 4 nitrogen and oxygen atoms in total. The van der Waals surface area contributed by atoms with Gasteiger partial charge in [0.2, 0.25) is 11.7 Å². The van der Waals surface area contributed by atoms with Crippen LogP contribution in [0.25, 0.3) is 11.4 Å². The zero-order chi connectivity index (χ0) is 14.0. The average molecular weight is 324 g/mol. The predicted octanol–water partition coefficient (Wildman–Crippen LogP) is 3.48. The Hall–Kier alpha value is -1.20. The van der Waals surface area contributed by atoms with Crippen LogP contribution in [0.1, 0.15) is 31.7 Å². The Morgan fingerprint density at radius 2 is 2.11 bits per heavy atom. The van der Waals surface area contributed by atoms with E-state index >= 15 is 0 Å². The van der Waals surface area contributed by atoms with E-state index in [9.17, 15) is 0 Å². The van der Waals surface area contributed by atoms with Gasteiger partial charge < -0.3 is 10.3 Å². The van der Waals surface area contributed by atoms with Gasteiger partial charge in [-0.2, -0.15) is 4.98 Å². The van der Waals surface area contributed by atoms with Crippen molar-refractivity contribution in [2.75, 3.05) is 0 Å². The summed E-state index contributed by atoms with van der Waals surface area (Å²) in [5.74, 6) is 1.23. The first-order valence-electron chi connectivity index (χ1n) is 6.23. The molecule has 102 valence electrons. The minimum Gasteiger partial charge on any atom is -0.339 e. The fourth-order valence-corrected chi connectivity index (χ4v) is 2.37. The molecular formula is C14H18BrN3O. The van der Waals surface area contributed by atoms with Gasteiger partial charge in [-0.05, 0) is 44.9 Å². The van der Waals surface area contributed by atoms with E-state index < -0.39 is 0 Å². The molecule has 0 saturated carbocycles. The molecule has 0 bridgehead atoms. The van der Waals surface area contributed by atoms with E-state index in [1.807, 2.05) is 39.0 Å². The normalized spacial score (nSPS) is 11.8. The number of hydrogen-bond acceptors (Lipinski definition) is 4. The third-order valence-electron chi connectivity index (χ3n) is 2.82. The topological polar surface area (TPSA) is 64.9 Å². The van der Waals surface area contributed by atoms with E-state index in [0.717, 1.165) is 16.5 Å². The Morgan fingerprint density at radius 3 is 2.74 bits per heavy atom. The van der Waals surface area contributed by atoms with Crippen LogP contribution < -0.4 is 5.73 Å². The maximum Gasteiger partial charge on any atom is 0.227 e. The molecule has 2 aromatic rings. The number of aromatic nitrogens is 2. The molecule has 0 unspecified atom stereocenters. The lowest BCUT2D eigenvalue weighted by molar-refractivity contribution is 0.358. The zero-order valence-corrected chi connectivity index (χ0v) is 13.0. The van der Waals surface area contributed by atoms with Crippen molar-refractivity contribution in [2.45, 2.75) is 39.2 Å². The molecule has 19 heavy (non-hydrogen) atoms. The molecule has 2 N–H and O–H groups in total. The van der Waals surface area contributed by atoms with Crippen molar-refractivity contribution in [1.82, 2.24) is 10.1 Å². The van der Waals surface area contributed by atoms with Crippen molar-refractivity contribution in [3.05, 3.63) is 34.1 Å². The quantitative estimate of drug-likeness (QED) is 0.935. The smallest absolute Gasteiger partial charge is 0.227 e. The van der Waals surface area contributed by atoms with Gasteiger partial charge in [-0.15, -0.1) is 0 Å². The van der Waals surface area contributed by atoms with Gasteiger partial charge in [0.25, 0.3) is 0 Å². The van der Waals surface area contributed by atoms with E-state index in [2.05, 4.69) is 26.1 Å². The second-order valence-corrected chi connectivity index (χ2v) is 6.34. The van der Waals surface area contributed by atoms with Gasteiger partial charge in [0, 0.05) is 22.0 Å². The Bertz CT molecular complexity index is 572. The fourth-order valence-electron chi connectivity index (χ4n) is 1.70. The van der Waals surface area contributed by atoms with Crippen molar-refractivity contribution in [3.8, 4) is 11.4 Å². The summed E-state index contributed by atoms with van der Waals surface area (Å²) in [6.45, 7) is 6.02. The van der Waals surface area contributed by atoms with Crippen LogP contribution in [-0.2, 0) is 6.42 Å². The molecular weight excluding hydrogens is 306 g/mol. The van der Waals surface area contributed by atoms with Gasteiger partial charge in [0.05, 0.1) is 0 Å². The first-order chi connectivity index (χ1) is 8.85. The van der Waals surface area contributed by atoms with Crippen molar-refractivity contribution in [3.63, 3.8) is 0 Å². The molecule has 5 heteroatoms. The van der Waals surface area contributed by atoms with E-state index in [0.29, 0.717) is 18.1 Å². The van der Waals surface area contributed by atoms with Crippen LogP contribution in [0.2, 0.25) is 0 Å². The van der Waals surface area contributed by atoms with Gasteiger partial charge in [-0.3, -0.25) is 0 Å². The van der Waals surface area contributed by atoms with Gasteiger partial charge in [-0.1, -0.05) is 27.2 Å². The van der Waals surface area contributed by atoms with Gasteiger partial charge in [0.15, 0.2) is 0 Å². The lowest BCUT2D eigenvalue weighted by Gasteiger charge is -2.16. The minimum atomic E-state index is -0.223. The van der Waals surface area contributed by atoms with Crippen molar-refractivity contribution in [2.24, 2.45) is 5.73 Å². The molecule has 0 amide bonds. The molecule has 0 atom stereocenters. The highest BCUT2D eigenvalue weighted by atomic mass is 79.9. The maximum atomic E-state index is 5.94. The number of nitrogens with two attached hydrogens (primary N) is 1. The van der Waals surface area contributed by atoms with Crippen LogP contribution in [0, 0.1) is 6.92 Å². The molecule has 0 aliphatic carbocycles. The summed E-state index contributed by atoms with van der Waals surface area (Å²) in [5.41, 5.74) is 7.84. The van der Waals surface area contributed by atoms with Crippen LogP contribution in [-0.4, -0.2) is 15.7 Å². The number of nitrogens with zero attached hydrogens (tertiary/aromatic N) is 2. The van der Waals surface area contributed by atoms with Crippen molar-refractivity contribution in [1.29, 1.82) is 0 Å². The lowest BCUT2D eigenvalue weighted by Crippen LogP contribution is -2.32. The first kappa shape index (κ1) is 14.2. The van der Waals surface area contributed by atoms with Crippen LogP contribution in [0.4, 0.5) is 0 Å². The highest BCUT2D eigenvalue weighted by Crippen LogP contribution is 2.27. The van der Waals surface area contributed by atoms with Gasteiger partial charge in [0.1, 0.15) is 0 Å². The summed E-state index contributed by atoms with van der Waals surface area (Å²) < 4.78 is 6.23. The zero-order valence-electron chi connectivity index (χ0n) is 11.4. The Labute approximate surface area is 121 Å². The Balaban J connectivity index is 2.16. The number of hydrogen-bond donors (Lipinski definition) is 1. The second-order valence-electron chi connectivity index (χ2n) is 5.48. The molecule has 0 radical (unpaired) electrons. The lowest BCUT2D eigenvalue weighted by atomic mass is 10.0. The van der Waals surface area contributed by atoms with E-state index in [1.165, 1.54) is 5.56 Å². The highest BCUT2D eigenvalue weighted by molar-refractivity contribution is 9.10. The largest absolute Gasteiger partial charge is 0.339 e. The van der Waals surface area contributed by atoms with E-state index in [-0.39, 0.29) is 5.54 Å². The monoisotopic (exact) mass is 323 g/mol. The Kier molecular flexibility index (Phi) is 4.06. The highest BCUT2D eigenvalue weighted by Gasteiger charge is 2.15. The van der Waals surface area contributed by atoms with Crippen LogP contribution in [0.15, 0.2) is 27.2 Å². The molecule has 0 saturated heterocycles. The van der Waals surface area contributed by atoms with E-state index in [1.54, 1.807) is 0 Å².